The van der Waals surface area contributed by atoms with E-state index in [1.54, 1.807) is 19.1 Å². The summed E-state index contributed by atoms with van der Waals surface area (Å²) in [6.07, 6.45) is 2.54. The van der Waals surface area contributed by atoms with Gasteiger partial charge in [-0.1, -0.05) is 35.3 Å². The van der Waals surface area contributed by atoms with E-state index in [4.69, 9.17) is 0 Å². The number of aliphatic hydroxyl groups excluding tert-OH is 1. The van der Waals surface area contributed by atoms with Crippen LogP contribution in [0.3, 0.4) is 0 Å². The van der Waals surface area contributed by atoms with Crippen molar-refractivity contribution in [1.29, 1.82) is 0 Å². The van der Waals surface area contributed by atoms with Crippen LogP contribution in [0.1, 0.15) is 31.7 Å². The van der Waals surface area contributed by atoms with Crippen LogP contribution in [0.4, 0.5) is 0 Å². The van der Waals surface area contributed by atoms with Crippen LogP contribution < -0.4 is 4.72 Å². The van der Waals surface area contributed by atoms with Gasteiger partial charge in [-0.05, 0) is 37.5 Å². The van der Waals surface area contributed by atoms with Crippen LogP contribution >= 0.6 is 15.9 Å². The Hall–Kier alpha value is -0.430. The summed E-state index contributed by atoms with van der Waals surface area (Å²) < 4.78 is 28.6. The van der Waals surface area contributed by atoms with E-state index in [9.17, 15) is 13.5 Å². The number of aliphatic hydroxyl groups is 1. The summed E-state index contributed by atoms with van der Waals surface area (Å²) in [6, 6.07) is 5.00. The molecule has 2 rings (SSSR count). The summed E-state index contributed by atoms with van der Waals surface area (Å²) in [7, 11) is -3.57. The molecule has 2 N–H and O–H groups in total. The predicted molar refractivity (Wildman–Crippen MR) is 82.0 cm³/mol. The first-order chi connectivity index (χ1) is 9.28. The molecule has 0 spiro atoms. The van der Waals surface area contributed by atoms with Gasteiger partial charge in [0.15, 0.2) is 0 Å². The number of rotatable bonds is 4. The summed E-state index contributed by atoms with van der Waals surface area (Å²) in [5, 5.41) is 9.52. The van der Waals surface area contributed by atoms with Crippen molar-refractivity contribution in [2.24, 2.45) is 5.41 Å². The molecular weight excluding hydrogens is 342 g/mol. The number of benzene rings is 1. The highest BCUT2D eigenvalue weighted by Gasteiger charge is 2.40. The number of sulfonamides is 1. The molecule has 0 aromatic heterocycles. The van der Waals surface area contributed by atoms with Crippen molar-refractivity contribution in [2.75, 3.05) is 6.61 Å². The molecule has 112 valence electrons. The Morgan fingerprint density at radius 1 is 1.50 bits per heavy atom. The molecule has 4 nitrogen and oxygen atoms in total. The van der Waals surface area contributed by atoms with Gasteiger partial charge in [-0.15, -0.1) is 0 Å². The molecule has 2 atom stereocenters. The van der Waals surface area contributed by atoms with Gasteiger partial charge in [0.1, 0.15) is 0 Å². The first-order valence-electron chi connectivity index (χ1n) is 6.68. The molecule has 20 heavy (non-hydrogen) atoms. The molecule has 6 heteroatoms. The summed E-state index contributed by atoms with van der Waals surface area (Å²) in [6.45, 7) is 3.71. The van der Waals surface area contributed by atoms with E-state index < -0.39 is 10.0 Å². The van der Waals surface area contributed by atoms with Gasteiger partial charge in [0.25, 0.3) is 0 Å². The third-order valence-corrected chi connectivity index (χ3v) is 6.29. The lowest BCUT2D eigenvalue weighted by molar-refractivity contribution is 0.127. The Morgan fingerprint density at radius 3 is 2.85 bits per heavy atom. The van der Waals surface area contributed by atoms with E-state index >= 15 is 0 Å². The molecule has 0 heterocycles. The van der Waals surface area contributed by atoms with Crippen LogP contribution in [-0.4, -0.2) is 26.2 Å². The number of halogens is 1. The van der Waals surface area contributed by atoms with Crippen molar-refractivity contribution >= 4 is 26.0 Å². The largest absolute Gasteiger partial charge is 0.396 e. The highest BCUT2D eigenvalue weighted by molar-refractivity contribution is 9.10. The summed E-state index contributed by atoms with van der Waals surface area (Å²) in [4.78, 5) is 0.291. The molecule has 1 aliphatic carbocycles. The molecule has 1 aliphatic rings. The summed E-state index contributed by atoms with van der Waals surface area (Å²) in [5.41, 5.74) is 0.344. The Balaban J connectivity index is 2.30. The fraction of sp³-hybridized carbons (Fsp3) is 0.571. The predicted octanol–water partition coefficient (Wildman–Crippen LogP) is 2.59. The SMILES string of the molecule is Cc1ccc(Br)cc1S(=O)(=O)N[C@H]1CCC[C@]1(C)CO. The molecule has 0 aliphatic heterocycles. The van der Waals surface area contributed by atoms with E-state index in [1.807, 2.05) is 13.0 Å². The average Bonchev–Trinajstić information content (AvgIpc) is 2.74. The molecule has 0 amide bonds. The molecule has 0 saturated heterocycles. The standard InChI is InChI=1S/C14H20BrNO3S/c1-10-5-6-11(15)8-12(10)20(18,19)16-13-4-3-7-14(13,2)9-17/h5-6,8,13,16-17H,3-4,7,9H2,1-2H3/t13-,14+/m0/s1. The van der Waals surface area contributed by atoms with Gasteiger partial charge in [-0.3, -0.25) is 0 Å². The molecule has 1 aromatic carbocycles. The molecular formula is C14H20BrNO3S. The van der Waals surface area contributed by atoms with Crippen molar-refractivity contribution in [3.05, 3.63) is 28.2 Å². The highest BCUT2D eigenvalue weighted by atomic mass is 79.9. The van der Waals surface area contributed by atoms with E-state index in [2.05, 4.69) is 20.7 Å². The van der Waals surface area contributed by atoms with E-state index in [0.29, 0.717) is 10.5 Å². The van der Waals surface area contributed by atoms with Gasteiger partial charge in [0.2, 0.25) is 10.0 Å². The van der Waals surface area contributed by atoms with Crippen LogP contribution in [-0.2, 0) is 10.0 Å². The van der Waals surface area contributed by atoms with Crippen LogP contribution in [0.5, 0.6) is 0 Å². The fourth-order valence-corrected chi connectivity index (χ4v) is 4.93. The van der Waals surface area contributed by atoms with Crippen LogP contribution in [0.25, 0.3) is 0 Å². The third-order valence-electron chi connectivity index (χ3n) is 4.18. The minimum absolute atomic E-state index is 0.00233. The first kappa shape index (κ1) is 15.9. The van der Waals surface area contributed by atoms with Gasteiger partial charge in [0.05, 0.1) is 4.90 Å². The third kappa shape index (κ3) is 3.08. The normalized spacial score (nSPS) is 26.9. The van der Waals surface area contributed by atoms with E-state index in [-0.39, 0.29) is 18.1 Å². The zero-order chi connectivity index (χ0) is 15.0. The van der Waals surface area contributed by atoms with Crippen LogP contribution in [0.2, 0.25) is 0 Å². The smallest absolute Gasteiger partial charge is 0.241 e. The van der Waals surface area contributed by atoms with Crippen molar-refractivity contribution in [2.45, 2.75) is 44.0 Å². The van der Waals surface area contributed by atoms with Crippen molar-refractivity contribution < 1.29 is 13.5 Å². The molecule has 0 radical (unpaired) electrons. The minimum Gasteiger partial charge on any atom is -0.396 e. The zero-order valence-corrected chi connectivity index (χ0v) is 14.1. The van der Waals surface area contributed by atoms with Gasteiger partial charge in [-0.25, -0.2) is 13.1 Å². The summed E-state index contributed by atoms with van der Waals surface area (Å²) >= 11 is 3.31. The van der Waals surface area contributed by atoms with Crippen molar-refractivity contribution in [3.8, 4) is 0 Å². The fourth-order valence-electron chi connectivity index (χ4n) is 2.74. The number of nitrogens with one attached hydrogen (secondary N) is 1. The lowest BCUT2D eigenvalue weighted by Gasteiger charge is -2.30. The van der Waals surface area contributed by atoms with Crippen molar-refractivity contribution in [3.63, 3.8) is 0 Å². The zero-order valence-electron chi connectivity index (χ0n) is 11.7. The average molecular weight is 362 g/mol. The maximum atomic E-state index is 12.6. The second-order valence-corrected chi connectivity index (χ2v) is 8.39. The number of aryl methyl sites for hydroxylation is 1. The Bertz CT molecular complexity index is 602. The molecule has 0 unspecified atom stereocenters. The number of hydrogen-bond acceptors (Lipinski definition) is 3. The number of hydrogen-bond donors (Lipinski definition) is 2. The first-order valence-corrected chi connectivity index (χ1v) is 8.95. The second kappa shape index (κ2) is 5.75. The lowest BCUT2D eigenvalue weighted by atomic mass is 9.86. The Morgan fingerprint density at radius 2 is 2.20 bits per heavy atom. The van der Waals surface area contributed by atoms with Crippen LogP contribution in [0.15, 0.2) is 27.6 Å². The highest BCUT2D eigenvalue weighted by Crippen LogP contribution is 2.38. The summed E-state index contributed by atoms with van der Waals surface area (Å²) in [5.74, 6) is 0. The Kier molecular flexibility index (Phi) is 4.59. The topological polar surface area (TPSA) is 66.4 Å². The molecule has 1 fully saturated rings. The van der Waals surface area contributed by atoms with E-state index in [0.717, 1.165) is 23.7 Å². The van der Waals surface area contributed by atoms with Gasteiger partial charge in [-0.2, -0.15) is 0 Å². The maximum absolute atomic E-state index is 12.6. The quantitative estimate of drug-likeness (QED) is 0.865. The van der Waals surface area contributed by atoms with Gasteiger partial charge >= 0.3 is 0 Å². The minimum atomic E-state index is -3.57. The van der Waals surface area contributed by atoms with Crippen molar-refractivity contribution in [1.82, 2.24) is 4.72 Å². The van der Waals surface area contributed by atoms with Gasteiger partial charge in [0, 0.05) is 22.5 Å². The molecule has 1 aromatic rings. The van der Waals surface area contributed by atoms with E-state index in [1.165, 1.54) is 0 Å². The monoisotopic (exact) mass is 361 g/mol. The molecule has 1 saturated carbocycles. The van der Waals surface area contributed by atoms with Crippen LogP contribution in [0, 0.1) is 12.3 Å². The maximum Gasteiger partial charge on any atom is 0.241 e. The second-order valence-electron chi connectivity index (χ2n) is 5.79. The van der Waals surface area contributed by atoms with Gasteiger partial charge < -0.3 is 5.11 Å². The molecule has 0 bridgehead atoms. The lowest BCUT2D eigenvalue weighted by Crippen LogP contribution is -2.44. The Labute approximate surface area is 128 Å².